The summed E-state index contributed by atoms with van der Waals surface area (Å²) in [5, 5.41) is 10.8. The number of hydrogen-bond donors (Lipinski definition) is 1. The summed E-state index contributed by atoms with van der Waals surface area (Å²) in [5.41, 5.74) is 0.106. The van der Waals surface area contributed by atoms with Gasteiger partial charge in [-0.15, -0.1) is 0 Å². The smallest absolute Gasteiger partial charge is 0.131 e. The lowest BCUT2D eigenvalue weighted by Crippen LogP contribution is -2.24. The van der Waals surface area contributed by atoms with Gasteiger partial charge in [-0.25, -0.2) is 4.39 Å². The fraction of sp³-hybridized carbons (Fsp3) is 0.125. The van der Waals surface area contributed by atoms with Crippen LogP contribution in [0, 0.1) is 5.82 Å². The Kier molecular flexibility index (Phi) is 3.74. The van der Waals surface area contributed by atoms with E-state index in [1.54, 1.807) is 24.3 Å². The number of rotatable bonds is 3. The van der Waals surface area contributed by atoms with Gasteiger partial charge in [-0.3, -0.25) is 0 Å². The lowest BCUT2D eigenvalue weighted by atomic mass is 9.87. The number of halogens is 2. The van der Waals surface area contributed by atoms with Crippen molar-refractivity contribution in [3.63, 3.8) is 0 Å². The van der Waals surface area contributed by atoms with E-state index in [1.807, 2.05) is 12.1 Å². The summed E-state index contributed by atoms with van der Waals surface area (Å²) >= 11 is 6.01. The topological polar surface area (TPSA) is 20.2 Å². The van der Waals surface area contributed by atoms with Crippen molar-refractivity contribution in [2.75, 3.05) is 0 Å². The summed E-state index contributed by atoms with van der Waals surface area (Å²) in [6.07, 6.45) is 1.70. The SMILES string of the molecule is C=Cc1ccc(C(C)(O)c2c(F)cccc2Cl)cc1. The lowest BCUT2D eigenvalue weighted by Gasteiger charge is -2.26. The van der Waals surface area contributed by atoms with Crippen LogP contribution in [-0.4, -0.2) is 5.11 Å². The molecule has 0 fully saturated rings. The molecule has 0 aliphatic rings. The first kappa shape index (κ1) is 13.8. The average Bonchev–Trinajstić information content (AvgIpc) is 2.38. The predicted molar refractivity (Wildman–Crippen MR) is 76.6 cm³/mol. The molecular weight excluding hydrogens is 263 g/mol. The molecule has 0 heterocycles. The molecule has 19 heavy (non-hydrogen) atoms. The van der Waals surface area contributed by atoms with E-state index in [4.69, 9.17) is 11.6 Å². The fourth-order valence-corrected chi connectivity index (χ4v) is 2.40. The highest BCUT2D eigenvalue weighted by Crippen LogP contribution is 2.35. The summed E-state index contributed by atoms with van der Waals surface area (Å²) < 4.78 is 13.9. The Balaban J connectivity index is 2.54. The minimum absolute atomic E-state index is 0.0861. The number of aliphatic hydroxyl groups is 1. The largest absolute Gasteiger partial charge is 0.381 e. The normalized spacial score (nSPS) is 13.9. The zero-order valence-electron chi connectivity index (χ0n) is 10.5. The Labute approximate surface area is 117 Å². The van der Waals surface area contributed by atoms with Crippen LogP contribution in [0.2, 0.25) is 5.02 Å². The second-order valence-electron chi connectivity index (χ2n) is 4.50. The molecule has 0 aliphatic heterocycles. The van der Waals surface area contributed by atoms with Gasteiger partial charge in [0.1, 0.15) is 11.4 Å². The van der Waals surface area contributed by atoms with Gasteiger partial charge in [0.05, 0.1) is 0 Å². The average molecular weight is 277 g/mol. The molecule has 0 spiro atoms. The molecular formula is C16H14ClFO. The standard InChI is InChI=1S/C16H14ClFO/c1-3-11-7-9-12(10-8-11)16(2,19)15-13(17)5-4-6-14(15)18/h3-10,19H,1H2,2H3. The van der Waals surface area contributed by atoms with E-state index in [1.165, 1.54) is 19.1 Å². The van der Waals surface area contributed by atoms with E-state index in [0.29, 0.717) is 5.56 Å². The first-order valence-corrected chi connectivity index (χ1v) is 6.24. The van der Waals surface area contributed by atoms with Gasteiger partial charge in [-0.05, 0) is 30.2 Å². The van der Waals surface area contributed by atoms with E-state index in [0.717, 1.165) is 5.56 Å². The van der Waals surface area contributed by atoms with E-state index in [-0.39, 0.29) is 10.6 Å². The van der Waals surface area contributed by atoms with Gasteiger partial charge in [0.25, 0.3) is 0 Å². The van der Waals surface area contributed by atoms with Crippen LogP contribution in [0.1, 0.15) is 23.6 Å². The molecule has 3 heteroatoms. The highest BCUT2D eigenvalue weighted by atomic mass is 35.5. The molecule has 1 nitrogen and oxygen atoms in total. The van der Waals surface area contributed by atoms with Crippen molar-refractivity contribution in [1.29, 1.82) is 0 Å². The van der Waals surface area contributed by atoms with Gasteiger partial charge < -0.3 is 5.11 Å². The van der Waals surface area contributed by atoms with Crippen molar-refractivity contribution in [3.8, 4) is 0 Å². The van der Waals surface area contributed by atoms with Crippen LogP contribution in [0.25, 0.3) is 6.08 Å². The summed E-state index contributed by atoms with van der Waals surface area (Å²) in [7, 11) is 0. The Bertz CT molecular complexity index is 582. The Morgan fingerprint density at radius 2 is 1.84 bits per heavy atom. The highest BCUT2D eigenvalue weighted by Gasteiger charge is 2.31. The van der Waals surface area contributed by atoms with Gasteiger partial charge in [0.15, 0.2) is 0 Å². The van der Waals surface area contributed by atoms with Gasteiger partial charge in [-0.2, -0.15) is 0 Å². The molecule has 2 aromatic rings. The molecule has 2 aromatic carbocycles. The maximum Gasteiger partial charge on any atom is 0.131 e. The van der Waals surface area contributed by atoms with Crippen molar-refractivity contribution in [2.24, 2.45) is 0 Å². The third kappa shape index (κ3) is 2.55. The number of hydrogen-bond acceptors (Lipinski definition) is 1. The van der Waals surface area contributed by atoms with Crippen LogP contribution >= 0.6 is 11.6 Å². The zero-order valence-corrected chi connectivity index (χ0v) is 11.3. The summed E-state index contributed by atoms with van der Waals surface area (Å²) in [6, 6.07) is 11.5. The highest BCUT2D eigenvalue weighted by molar-refractivity contribution is 6.31. The molecule has 0 saturated carbocycles. The van der Waals surface area contributed by atoms with Crippen molar-refractivity contribution in [2.45, 2.75) is 12.5 Å². The third-order valence-corrected chi connectivity index (χ3v) is 3.47. The van der Waals surface area contributed by atoms with Crippen molar-refractivity contribution in [1.82, 2.24) is 0 Å². The van der Waals surface area contributed by atoms with Gasteiger partial charge in [0.2, 0.25) is 0 Å². The summed E-state index contributed by atoms with van der Waals surface area (Å²) in [5.74, 6) is -0.523. The van der Waals surface area contributed by atoms with Crippen LogP contribution in [0.15, 0.2) is 49.0 Å². The van der Waals surface area contributed by atoms with Crippen molar-refractivity contribution < 1.29 is 9.50 Å². The Morgan fingerprint density at radius 3 is 2.37 bits per heavy atom. The molecule has 1 N–H and O–H groups in total. The van der Waals surface area contributed by atoms with Crippen molar-refractivity contribution in [3.05, 3.63) is 76.6 Å². The lowest BCUT2D eigenvalue weighted by molar-refractivity contribution is 0.0981. The van der Waals surface area contributed by atoms with E-state index in [9.17, 15) is 9.50 Å². The second-order valence-corrected chi connectivity index (χ2v) is 4.90. The molecule has 0 bridgehead atoms. The molecule has 98 valence electrons. The van der Waals surface area contributed by atoms with Crippen LogP contribution in [-0.2, 0) is 5.60 Å². The molecule has 0 radical (unpaired) electrons. The van der Waals surface area contributed by atoms with Crippen LogP contribution in [0.3, 0.4) is 0 Å². The van der Waals surface area contributed by atoms with Gasteiger partial charge in [0, 0.05) is 10.6 Å². The molecule has 0 saturated heterocycles. The Hall–Kier alpha value is -1.64. The fourth-order valence-electron chi connectivity index (χ4n) is 2.05. The Morgan fingerprint density at radius 1 is 1.21 bits per heavy atom. The monoisotopic (exact) mass is 276 g/mol. The molecule has 2 rings (SSSR count). The number of benzene rings is 2. The van der Waals surface area contributed by atoms with Crippen LogP contribution in [0.5, 0.6) is 0 Å². The summed E-state index contributed by atoms with van der Waals surface area (Å²) in [4.78, 5) is 0. The van der Waals surface area contributed by atoms with Crippen LogP contribution in [0.4, 0.5) is 4.39 Å². The van der Waals surface area contributed by atoms with Gasteiger partial charge in [-0.1, -0.05) is 54.6 Å². The molecule has 0 amide bonds. The molecule has 0 aromatic heterocycles. The van der Waals surface area contributed by atoms with Crippen molar-refractivity contribution >= 4 is 17.7 Å². The van der Waals surface area contributed by atoms with Gasteiger partial charge >= 0.3 is 0 Å². The minimum atomic E-state index is -1.48. The quantitative estimate of drug-likeness (QED) is 0.882. The first-order chi connectivity index (χ1) is 8.96. The van der Waals surface area contributed by atoms with E-state index < -0.39 is 11.4 Å². The minimum Gasteiger partial charge on any atom is -0.381 e. The maximum absolute atomic E-state index is 13.9. The summed E-state index contributed by atoms with van der Waals surface area (Å²) in [6.45, 7) is 5.19. The molecule has 1 unspecified atom stereocenters. The molecule has 1 atom stereocenters. The third-order valence-electron chi connectivity index (χ3n) is 3.16. The zero-order chi connectivity index (χ0) is 14.0. The maximum atomic E-state index is 13.9. The second kappa shape index (κ2) is 5.16. The first-order valence-electron chi connectivity index (χ1n) is 5.86. The van der Waals surface area contributed by atoms with E-state index in [2.05, 4.69) is 6.58 Å². The predicted octanol–water partition coefficient (Wildman–Crippen LogP) is 4.38. The van der Waals surface area contributed by atoms with Crippen LogP contribution < -0.4 is 0 Å². The molecule has 0 aliphatic carbocycles. The van der Waals surface area contributed by atoms with E-state index >= 15 is 0 Å².